The first-order valence-corrected chi connectivity index (χ1v) is 6.21. The van der Waals surface area contributed by atoms with Gasteiger partial charge in [-0.3, -0.25) is 4.79 Å². The molecule has 4 nitrogen and oxygen atoms in total. The van der Waals surface area contributed by atoms with Crippen LogP contribution in [0.1, 0.15) is 13.3 Å². The SMILES string of the molecule is CCC1(O)CN(c2cc3ccccc3c(=O)[nH]2)C1. The first-order chi connectivity index (χ1) is 8.61. The number of aromatic amines is 1. The molecule has 0 aliphatic carbocycles. The Hall–Kier alpha value is -1.81. The van der Waals surface area contributed by atoms with Gasteiger partial charge in [0, 0.05) is 18.5 Å². The van der Waals surface area contributed by atoms with Gasteiger partial charge in [0.15, 0.2) is 0 Å². The van der Waals surface area contributed by atoms with Crippen LogP contribution in [-0.4, -0.2) is 28.8 Å². The van der Waals surface area contributed by atoms with Crippen LogP contribution in [0.5, 0.6) is 0 Å². The van der Waals surface area contributed by atoms with E-state index in [1.165, 1.54) is 0 Å². The molecule has 1 aliphatic rings. The first-order valence-electron chi connectivity index (χ1n) is 6.21. The van der Waals surface area contributed by atoms with Gasteiger partial charge in [-0.1, -0.05) is 25.1 Å². The van der Waals surface area contributed by atoms with Gasteiger partial charge in [0.25, 0.3) is 5.56 Å². The molecule has 1 aromatic carbocycles. The summed E-state index contributed by atoms with van der Waals surface area (Å²) >= 11 is 0. The van der Waals surface area contributed by atoms with E-state index in [2.05, 4.69) is 4.98 Å². The Bertz CT molecular complexity index is 642. The number of aliphatic hydroxyl groups is 1. The van der Waals surface area contributed by atoms with E-state index in [9.17, 15) is 9.90 Å². The van der Waals surface area contributed by atoms with Crippen molar-refractivity contribution in [3.05, 3.63) is 40.7 Å². The minimum atomic E-state index is -0.595. The highest BCUT2D eigenvalue weighted by Crippen LogP contribution is 2.29. The molecule has 0 spiro atoms. The number of aromatic nitrogens is 1. The van der Waals surface area contributed by atoms with Crippen LogP contribution in [0.15, 0.2) is 35.1 Å². The Balaban J connectivity index is 1.98. The molecule has 1 fully saturated rings. The molecule has 4 heteroatoms. The van der Waals surface area contributed by atoms with E-state index in [1.807, 2.05) is 42.2 Å². The maximum Gasteiger partial charge on any atom is 0.257 e. The normalized spacial score (nSPS) is 17.8. The Morgan fingerprint density at radius 2 is 2.11 bits per heavy atom. The predicted octanol–water partition coefficient (Wildman–Crippen LogP) is 1.49. The third-order valence-electron chi connectivity index (χ3n) is 3.71. The number of fused-ring (bicyclic) bond motifs is 1. The minimum Gasteiger partial charge on any atom is -0.386 e. The molecule has 0 saturated carbocycles. The summed E-state index contributed by atoms with van der Waals surface area (Å²) in [6, 6.07) is 9.49. The lowest BCUT2D eigenvalue weighted by Crippen LogP contribution is -2.62. The van der Waals surface area contributed by atoms with Crippen molar-refractivity contribution in [2.24, 2.45) is 0 Å². The monoisotopic (exact) mass is 244 g/mol. The van der Waals surface area contributed by atoms with Crippen molar-refractivity contribution in [2.45, 2.75) is 18.9 Å². The number of H-pyrrole nitrogens is 1. The maximum atomic E-state index is 11.9. The van der Waals surface area contributed by atoms with Crippen LogP contribution >= 0.6 is 0 Å². The molecule has 2 heterocycles. The molecular weight excluding hydrogens is 228 g/mol. The second-order valence-electron chi connectivity index (χ2n) is 5.00. The van der Waals surface area contributed by atoms with Crippen LogP contribution in [0, 0.1) is 0 Å². The number of nitrogens with one attached hydrogen (secondary N) is 1. The molecular formula is C14H16N2O2. The summed E-state index contributed by atoms with van der Waals surface area (Å²) in [6.45, 7) is 3.13. The second kappa shape index (κ2) is 3.85. The number of hydrogen-bond acceptors (Lipinski definition) is 3. The fourth-order valence-electron chi connectivity index (χ4n) is 2.43. The van der Waals surface area contributed by atoms with E-state index in [0.29, 0.717) is 18.5 Å². The van der Waals surface area contributed by atoms with E-state index >= 15 is 0 Å². The van der Waals surface area contributed by atoms with Crippen molar-refractivity contribution in [3.63, 3.8) is 0 Å². The van der Waals surface area contributed by atoms with Gasteiger partial charge < -0.3 is 15.0 Å². The topological polar surface area (TPSA) is 56.3 Å². The molecule has 0 unspecified atom stereocenters. The van der Waals surface area contributed by atoms with E-state index in [4.69, 9.17) is 0 Å². The number of anilines is 1. The minimum absolute atomic E-state index is 0.0740. The van der Waals surface area contributed by atoms with E-state index in [0.717, 1.165) is 17.6 Å². The van der Waals surface area contributed by atoms with Crippen molar-refractivity contribution < 1.29 is 5.11 Å². The van der Waals surface area contributed by atoms with Gasteiger partial charge in [0.2, 0.25) is 0 Å². The standard InChI is InChI=1S/C14H16N2O2/c1-2-14(18)8-16(9-14)12-7-10-5-3-4-6-11(10)13(17)15-12/h3-7,18H,2,8-9H2,1H3,(H,15,17). The Kier molecular flexibility index (Phi) is 2.41. The lowest BCUT2D eigenvalue weighted by Gasteiger charge is -2.47. The quantitative estimate of drug-likeness (QED) is 0.841. The first kappa shape index (κ1) is 11.3. The number of pyridine rings is 1. The molecule has 0 radical (unpaired) electrons. The van der Waals surface area contributed by atoms with Gasteiger partial charge >= 0.3 is 0 Å². The van der Waals surface area contributed by atoms with E-state index in [-0.39, 0.29) is 5.56 Å². The number of hydrogen-bond donors (Lipinski definition) is 2. The van der Waals surface area contributed by atoms with Gasteiger partial charge in [-0.15, -0.1) is 0 Å². The number of nitrogens with zero attached hydrogens (tertiary/aromatic N) is 1. The molecule has 1 aromatic heterocycles. The zero-order valence-corrected chi connectivity index (χ0v) is 10.3. The summed E-state index contributed by atoms with van der Waals surface area (Å²) in [4.78, 5) is 16.8. The summed E-state index contributed by atoms with van der Waals surface area (Å²) in [5.74, 6) is 0.789. The zero-order valence-electron chi connectivity index (χ0n) is 10.3. The summed E-state index contributed by atoms with van der Waals surface area (Å²) in [5.41, 5.74) is -0.669. The molecule has 1 aliphatic heterocycles. The molecule has 0 bridgehead atoms. The van der Waals surface area contributed by atoms with Crippen LogP contribution < -0.4 is 10.5 Å². The fourth-order valence-corrected chi connectivity index (χ4v) is 2.43. The second-order valence-corrected chi connectivity index (χ2v) is 5.00. The van der Waals surface area contributed by atoms with Gasteiger partial charge in [-0.05, 0) is 23.9 Å². The molecule has 2 N–H and O–H groups in total. The van der Waals surface area contributed by atoms with Crippen LogP contribution in [0.2, 0.25) is 0 Å². The van der Waals surface area contributed by atoms with E-state index in [1.54, 1.807) is 0 Å². The summed E-state index contributed by atoms with van der Waals surface area (Å²) in [7, 11) is 0. The zero-order chi connectivity index (χ0) is 12.8. The van der Waals surface area contributed by atoms with Crippen molar-refractivity contribution >= 4 is 16.6 Å². The summed E-state index contributed by atoms with van der Waals surface area (Å²) in [5, 5.41) is 11.6. The van der Waals surface area contributed by atoms with Gasteiger partial charge in [-0.2, -0.15) is 0 Å². The molecule has 0 amide bonds. The van der Waals surface area contributed by atoms with Gasteiger partial charge in [-0.25, -0.2) is 0 Å². The Morgan fingerprint density at radius 1 is 1.39 bits per heavy atom. The van der Waals surface area contributed by atoms with Gasteiger partial charge in [0.05, 0.1) is 5.60 Å². The molecule has 94 valence electrons. The predicted molar refractivity (Wildman–Crippen MR) is 72.0 cm³/mol. The molecule has 2 aromatic rings. The lowest BCUT2D eigenvalue weighted by molar-refractivity contribution is 0.00806. The van der Waals surface area contributed by atoms with Crippen LogP contribution in [0.4, 0.5) is 5.82 Å². The van der Waals surface area contributed by atoms with Gasteiger partial charge in [0.1, 0.15) is 5.82 Å². The largest absolute Gasteiger partial charge is 0.386 e. The molecule has 0 atom stereocenters. The highest BCUT2D eigenvalue weighted by atomic mass is 16.3. The number of rotatable bonds is 2. The fraction of sp³-hybridized carbons (Fsp3) is 0.357. The van der Waals surface area contributed by atoms with Crippen LogP contribution in [0.25, 0.3) is 10.8 Å². The lowest BCUT2D eigenvalue weighted by atomic mass is 9.91. The summed E-state index contributed by atoms with van der Waals surface area (Å²) in [6.07, 6.45) is 0.737. The maximum absolute atomic E-state index is 11.9. The molecule has 18 heavy (non-hydrogen) atoms. The number of β-amino-alcohol motifs (C(OH)–C–C–N with tert-alkyl or cyclic N) is 1. The highest BCUT2D eigenvalue weighted by Gasteiger charge is 2.39. The van der Waals surface area contributed by atoms with Crippen molar-refractivity contribution in [1.82, 2.24) is 4.98 Å². The molecule has 1 saturated heterocycles. The van der Waals surface area contributed by atoms with E-state index < -0.39 is 5.60 Å². The third kappa shape index (κ3) is 1.69. The van der Waals surface area contributed by atoms with Crippen molar-refractivity contribution in [3.8, 4) is 0 Å². The van der Waals surface area contributed by atoms with Crippen molar-refractivity contribution in [1.29, 1.82) is 0 Å². The summed E-state index contributed by atoms with van der Waals surface area (Å²) < 4.78 is 0. The van der Waals surface area contributed by atoms with Crippen molar-refractivity contribution in [2.75, 3.05) is 18.0 Å². The third-order valence-corrected chi connectivity index (χ3v) is 3.71. The average molecular weight is 244 g/mol. The molecule has 3 rings (SSSR count). The van der Waals surface area contributed by atoms with Crippen LogP contribution in [0.3, 0.4) is 0 Å². The smallest absolute Gasteiger partial charge is 0.257 e. The highest BCUT2D eigenvalue weighted by molar-refractivity contribution is 5.83. The number of benzene rings is 1. The Morgan fingerprint density at radius 3 is 2.83 bits per heavy atom. The average Bonchev–Trinajstić information content (AvgIpc) is 2.35. The van der Waals surface area contributed by atoms with Crippen LogP contribution in [-0.2, 0) is 0 Å². The Labute approximate surface area is 105 Å².